The molecule has 0 radical (unpaired) electrons. The highest BCUT2D eigenvalue weighted by Crippen LogP contribution is 2.35. The van der Waals surface area contributed by atoms with E-state index in [0.29, 0.717) is 29.0 Å². The van der Waals surface area contributed by atoms with Crippen LogP contribution in [0.2, 0.25) is 0 Å². The number of aryl methyl sites for hydroxylation is 1. The Balaban J connectivity index is 1.94. The van der Waals surface area contributed by atoms with Crippen molar-refractivity contribution in [1.82, 2.24) is 4.72 Å². The summed E-state index contributed by atoms with van der Waals surface area (Å²) in [5, 5.41) is 0. The molecule has 2 aromatic carbocycles. The smallest absolute Gasteiger partial charge is 0.241 e. The van der Waals surface area contributed by atoms with Gasteiger partial charge in [0.1, 0.15) is 10.6 Å². The average molecular weight is 444 g/mol. The van der Waals surface area contributed by atoms with Crippen LogP contribution in [0.4, 0.5) is 0 Å². The molecule has 0 bridgehead atoms. The van der Waals surface area contributed by atoms with Gasteiger partial charge < -0.3 is 14.2 Å². The van der Waals surface area contributed by atoms with Crippen molar-refractivity contribution in [3.8, 4) is 17.2 Å². The van der Waals surface area contributed by atoms with E-state index in [-0.39, 0.29) is 11.4 Å². The predicted octanol–water partition coefficient (Wildman–Crippen LogP) is 3.52. The monoisotopic (exact) mass is 443 g/mol. The number of sulfonamides is 1. The summed E-state index contributed by atoms with van der Waals surface area (Å²) in [7, 11) is -0.741. The third-order valence-corrected chi connectivity index (χ3v) is 6.02. The number of methoxy groups -OCH3 is 2. The molecule has 0 amide bonds. The van der Waals surface area contributed by atoms with Crippen molar-refractivity contribution in [3.05, 3.63) is 46.4 Å². The SMILES string of the molecule is COc1cc(Br)c(S(=O)(=O)NCCCOc2cccc(C)c2)cc1OC. The highest BCUT2D eigenvalue weighted by molar-refractivity contribution is 9.10. The molecule has 1 N–H and O–H groups in total. The highest BCUT2D eigenvalue weighted by atomic mass is 79.9. The Morgan fingerprint density at radius 2 is 1.77 bits per heavy atom. The lowest BCUT2D eigenvalue weighted by Crippen LogP contribution is -2.26. The van der Waals surface area contributed by atoms with Crippen LogP contribution in [0, 0.1) is 6.92 Å². The number of hydrogen-bond acceptors (Lipinski definition) is 5. The maximum atomic E-state index is 12.5. The largest absolute Gasteiger partial charge is 0.494 e. The second-order valence-corrected chi connectivity index (χ2v) is 8.14. The first kappa shape index (κ1) is 20.5. The number of benzene rings is 2. The second kappa shape index (κ2) is 9.25. The molecule has 0 heterocycles. The summed E-state index contributed by atoms with van der Waals surface area (Å²) in [6.45, 7) is 2.66. The standard InChI is InChI=1S/C18H22BrNO5S/c1-13-6-4-7-14(10-13)25-9-5-8-20-26(21,22)18-12-17(24-3)16(23-2)11-15(18)19/h4,6-7,10-12,20H,5,8-9H2,1-3H3. The molecule has 26 heavy (non-hydrogen) atoms. The van der Waals surface area contributed by atoms with Crippen molar-refractivity contribution >= 4 is 26.0 Å². The Morgan fingerprint density at radius 3 is 2.42 bits per heavy atom. The van der Waals surface area contributed by atoms with Gasteiger partial charge in [-0.2, -0.15) is 0 Å². The topological polar surface area (TPSA) is 73.9 Å². The van der Waals surface area contributed by atoms with Gasteiger partial charge in [0, 0.05) is 17.1 Å². The third-order valence-electron chi connectivity index (χ3n) is 3.60. The second-order valence-electron chi connectivity index (χ2n) is 5.55. The van der Waals surface area contributed by atoms with Crippen molar-refractivity contribution in [2.45, 2.75) is 18.2 Å². The molecule has 142 valence electrons. The summed E-state index contributed by atoms with van der Waals surface area (Å²) in [5.74, 6) is 1.57. The van der Waals surface area contributed by atoms with E-state index in [0.717, 1.165) is 11.3 Å². The summed E-state index contributed by atoms with van der Waals surface area (Å²) < 4.78 is 44.0. The summed E-state index contributed by atoms with van der Waals surface area (Å²) in [6, 6.07) is 10.7. The summed E-state index contributed by atoms with van der Waals surface area (Å²) in [6.07, 6.45) is 0.540. The van der Waals surface area contributed by atoms with Crippen LogP contribution < -0.4 is 18.9 Å². The van der Waals surface area contributed by atoms with Gasteiger partial charge in [-0.15, -0.1) is 0 Å². The van der Waals surface area contributed by atoms with E-state index < -0.39 is 10.0 Å². The summed E-state index contributed by atoms with van der Waals surface area (Å²) >= 11 is 3.27. The minimum absolute atomic E-state index is 0.0924. The lowest BCUT2D eigenvalue weighted by atomic mass is 10.2. The average Bonchev–Trinajstić information content (AvgIpc) is 2.60. The van der Waals surface area contributed by atoms with E-state index in [2.05, 4.69) is 20.7 Å². The Hall–Kier alpha value is -1.77. The Kier molecular flexibility index (Phi) is 7.31. The van der Waals surface area contributed by atoms with Crippen LogP contribution in [0.25, 0.3) is 0 Å². The number of hydrogen-bond donors (Lipinski definition) is 1. The molecule has 0 spiro atoms. The maximum absolute atomic E-state index is 12.5. The molecule has 2 aromatic rings. The zero-order valence-corrected chi connectivity index (χ0v) is 17.3. The Bertz CT molecular complexity index is 855. The van der Waals surface area contributed by atoms with Gasteiger partial charge in [0.2, 0.25) is 10.0 Å². The Morgan fingerprint density at radius 1 is 1.08 bits per heavy atom. The fourth-order valence-electron chi connectivity index (χ4n) is 2.29. The van der Waals surface area contributed by atoms with E-state index in [1.54, 1.807) is 6.07 Å². The predicted molar refractivity (Wildman–Crippen MR) is 104 cm³/mol. The van der Waals surface area contributed by atoms with Crippen LogP contribution in [0.3, 0.4) is 0 Å². The first-order chi connectivity index (χ1) is 12.4. The number of halogens is 1. The van der Waals surface area contributed by atoms with Crippen molar-refractivity contribution in [3.63, 3.8) is 0 Å². The van der Waals surface area contributed by atoms with Crippen LogP contribution in [-0.4, -0.2) is 35.8 Å². The molecular formula is C18H22BrNO5S. The van der Waals surface area contributed by atoms with Crippen LogP contribution in [0.15, 0.2) is 45.8 Å². The molecule has 0 aliphatic carbocycles. The molecule has 0 aliphatic heterocycles. The molecular weight excluding hydrogens is 422 g/mol. The van der Waals surface area contributed by atoms with Crippen LogP contribution in [0.1, 0.15) is 12.0 Å². The highest BCUT2D eigenvalue weighted by Gasteiger charge is 2.20. The summed E-state index contributed by atoms with van der Waals surface area (Å²) in [5.41, 5.74) is 1.11. The van der Waals surface area contributed by atoms with Gasteiger partial charge >= 0.3 is 0 Å². The summed E-state index contributed by atoms with van der Waals surface area (Å²) in [4.78, 5) is 0.0924. The van der Waals surface area contributed by atoms with Crippen LogP contribution >= 0.6 is 15.9 Å². The van der Waals surface area contributed by atoms with Gasteiger partial charge in [0.05, 0.1) is 20.8 Å². The van der Waals surface area contributed by atoms with E-state index in [4.69, 9.17) is 14.2 Å². The number of ether oxygens (including phenoxy) is 3. The molecule has 0 atom stereocenters. The molecule has 0 unspecified atom stereocenters. The first-order valence-corrected chi connectivity index (χ1v) is 10.3. The normalized spacial score (nSPS) is 11.2. The third kappa shape index (κ3) is 5.36. The molecule has 0 fully saturated rings. The quantitative estimate of drug-likeness (QED) is 0.600. The van der Waals surface area contributed by atoms with Crippen LogP contribution in [0.5, 0.6) is 17.2 Å². The minimum Gasteiger partial charge on any atom is -0.494 e. The molecule has 2 rings (SSSR count). The minimum atomic E-state index is -3.69. The van der Waals surface area contributed by atoms with Crippen molar-refractivity contribution in [2.24, 2.45) is 0 Å². The molecule has 6 nitrogen and oxygen atoms in total. The first-order valence-electron chi connectivity index (χ1n) is 7.98. The van der Waals surface area contributed by atoms with Crippen LogP contribution in [-0.2, 0) is 10.0 Å². The van der Waals surface area contributed by atoms with Crippen molar-refractivity contribution in [1.29, 1.82) is 0 Å². The fourth-order valence-corrected chi connectivity index (χ4v) is 4.40. The van der Waals surface area contributed by atoms with Gasteiger partial charge in [0.15, 0.2) is 11.5 Å². The van der Waals surface area contributed by atoms with E-state index in [1.165, 1.54) is 20.3 Å². The van der Waals surface area contributed by atoms with Gasteiger partial charge in [-0.1, -0.05) is 12.1 Å². The van der Waals surface area contributed by atoms with Gasteiger partial charge in [-0.05, 0) is 53.0 Å². The zero-order valence-electron chi connectivity index (χ0n) is 14.9. The van der Waals surface area contributed by atoms with Crippen molar-refractivity contribution in [2.75, 3.05) is 27.4 Å². The molecule has 0 saturated carbocycles. The van der Waals surface area contributed by atoms with E-state index in [9.17, 15) is 8.42 Å². The maximum Gasteiger partial charge on any atom is 0.241 e. The lowest BCUT2D eigenvalue weighted by Gasteiger charge is -2.13. The van der Waals surface area contributed by atoms with Gasteiger partial charge in [-0.3, -0.25) is 0 Å². The van der Waals surface area contributed by atoms with Gasteiger partial charge in [0.25, 0.3) is 0 Å². The molecule has 8 heteroatoms. The molecule has 0 aromatic heterocycles. The lowest BCUT2D eigenvalue weighted by molar-refractivity contribution is 0.311. The number of nitrogens with one attached hydrogen (secondary N) is 1. The van der Waals surface area contributed by atoms with Gasteiger partial charge in [-0.25, -0.2) is 13.1 Å². The van der Waals surface area contributed by atoms with E-state index >= 15 is 0 Å². The fraction of sp³-hybridized carbons (Fsp3) is 0.333. The Labute approximate surface area is 162 Å². The number of rotatable bonds is 9. The zero-order chi connectivity index (χ0) is 19.2. The van der Waals surface area contributed by atoms with E-state index in [1.807, 2.05) is 31.2 Å². The molecule has 0 saturated heterocycles. The molecule has 0 aliphatic rings. The van der Waals surface area contributed by atoms with Crippen molar-refractivity contribution < 1.29 is 22.6 Å².